The minimum Gasteiger partial charge on any atom is -0.308 e. The second kappa shape index (κ2) is 5.96. The normalized spacial score (nSPS) is 10.6. The third kappa shape index (κ3) is 3.30. The van der Waals surface area contributed by atoms with Crippen LogP contribution in [0.5, 0.6) is 0 Å². The van der Waals surface area contributed by atoms with Gasteiger partial charge in [-0.15, -0.1) is 0 Å². The molecule has 0 saturated carbocycles. The molecule has 0 fully saturated rings. The van der Waals surface area contributed by atoms with Crippen LogP contribution < -0.4 is 11.3 Å². The Kier molecular flexibility index (Phi) is 4.52. The summed E-state index contributed by atoms with van der Waals surface area (Å²) >= 11 is 13.6. The van der Waals surface area contributed by atoms with Crippen LogP contribution in [0.4, 0.5) is 5.82 Å². The number of benzene rings is 1. The summed E-state index contributed by atoms with van der Waals surface area (Å²) in [6.45, 7) is 3.71. The van der Waals surface area contributed by atoms with Gasteiger partial charge in [0.25, 0.3) is 0 Å². The van der Waals surface area contributed by atoms with Crippen molar-refractivity contribution in [3.8, 4) is 0 Å². The molecule has 100 valence electrons. The molecule has 2 rings (SSSR count). The molecule has 0 aliphatic rings. The van der Waals surface area contributed by atoms with Gasteiger partial charge in [0.1, 0.15) is 16.7 Å². The first-order chi connectivity index (χ1) is 9.01. The highest BCUT2D eigenvalue weighted by atomic mass is 35.5. The summed E-state index contributed by atoms with van der Waals surface area (Å²) < 4.78 is 0. The summed E-state index contributed by atoms with van der Waals surface area (Å²) in [6, 6.07) is 5.32. The topological polar surface area (TPSA) is 63.8 Å². The fourth-order valence-corrected chi connectivity index (χ4v) is 2.96. The SMILES string of the molecule is Cc1nc(NN)c(C)c(Sc2cc(Cl)ccc2Cl)n1. The van der Waals surface area contributed by atoms with Crippen molar-refractivity contribution in [3.63, 3.8) is 0 Å². The van der Waals surface area contributed by atoms with E-state index in [2.05, 4.69) is 15.4 Å². The van der Waals surface area contributed by atoms with Gasteiger partial charge in [-0.1, -0.05) is 35.0 Å². The lowest BCUT2D eigenvalue weighted by atomic mass is 10.3. The smallest absolute Gasteiger partial charge is 0.147 e. The Morgan fingerprint density at radius 1 is 1.21 bits per heavy atom. The number of rotatable bonds is 3. The van der Waals surface area contributed by atoms with Crippen molar-refractivity contribution in [2.75, 3.05) is 5.43 Å². The van der Waals surface area contributed by atoms with Crippen LogP contribution in [0.3, 0.4) is 0 Å². The Hall–Kier alpha value is -1.01. The van der Waals surface area contributed by atoms with Crippen LogP contribution in [-0.2, 0) is 0 Å². The number of nitrogens with zero attached hydrogens (tertiary/aromatic N) is 2. The van der Waals surface area contributed by atoms with E-state index in [0.717, 1.165) is 15.5 Å². The van der Waals surface area contributed by atoms with E-state index in [1.54, 1.807) is 18.2 Å². The zero-order valence-corrected chi connectivity index (χ0v) is 12.7. The molecule has 4 nitrogen and oxygen atoms in total. The van der Waals surface area contributed by atoms with Crippen molar-refractivity contribution in [3.05, 3.63) is 39.6 Å². The molecular formula is C12H12Cl2N4S. The predicted octanol–water partition coefficient (Wildman–Crippen LogP) is 3.84. The maximum Gasteiger partial charge on any atom is 0.147 e. The molecule has 0 saturated heterocycles. The highest BCUT2D eigenvalue weighted by Crippen LogP contribution is 2.36. The molecule has 1 heterocycles. The first-order valence-corrected chi connectivity index (χ1v) is 7.03. The fraction of sp³-hybridized carbons (Fsp3) is 0.167. The lowest BCUT2D eigenvalue weighted by Crippen LogP contribution is -2.12. The highest BCUT2D eigenvalue weighted by Gasteiger charge is 2.12. The van der Waals surface area contributed by atoms with E-state index in [-0.39, 0.29) is 0 Å². The number of aryl methyl sites for hydroxylation is 1. The van der Waals surface area contributed by atoms with Gasteiger partial charge < -0.3 is 5.43 Å². The molecule has 0 aliphatic heterocycles. The van der Waals surface area contributed by atoms with Crippen LogP contribution in [0.1, 0.15) is 11.4 Å². The molecule has 3 N–H and O–H groups in total. The molecule has 1 aromatic heterocycles. The number of anilines is 1. The van der Waals surface area contributed by atoms with E-state index in [0.29, 0.717) is 21.7 Å². The first-order valence-electron chi connectivity index (χ1n) is 5.46. The molecule has 2 aromatic rings. The zero-order chi connectivity index (χ0) is 14.0. The number of hydrogen-bond donors (Lipinski definition) is 2. The van der Waals surface area contributed by atoms with Crippen molar-refractivity contribution in [2.24, 2.45) is 5.84 Å². The molecule has 1 aromatic carbocycles. The maximum absolute atomic E-state index is 6.15. The number of aromatic nitrogens is 2. The second-order valence-electron chi connectivity index (χ2n) is 3.87. The van der Waals surface area contributed by atoms with E-state index in [1.807, 2.05) is 13.8 Å². The Morgan fingerprint density at radius 2 is 1.95 bits per heavy atom. The van der Waals surface area contributed by atoms with E-state index in [1.165, 1.54) is 11.8 Å². The zero-order valence-electron chi connectivity index (χ0n) is 10.4. The van der Waals surface area contributed by atoms with Crippen LogP contribution in [0.15, 0.2) is 28.1 Å². The maximum atomic E-state index is 6.15. The van der Waals surface area contributed by atoms with Crippen molar-refractivity contribution < 1.29 is 0 Å². The van der Waals surface area contributed by atoms with Crippen molar-refractivity contribution in [1.29, 1.82) is 0 Å². The monoisotopic (exact) mass is 314 g/mol. The first kappa shape index (κ1) is 14.4. The summed E-state index contributed by atoms with van der Waals surface area (Å²) in [6.07, 6.45) is 0. The van der Waals surface area contributed by atoms with E-state index < -0.39 is 0 Å². The van der Waals surface area contributed by atoms with Crippen molar-refractivity contribution >= 4 is 40.8 Å². The van der Waals surface area contributed by atoms with Crippen molar-refractivity contribution in [2.45, 2.75) is 23.8 Å². The molecule has 0 aliphatic carbocycles. The largest absolute Gasteiger partial charge is 0.308 e. The third-order valence-electron chi connectivity index (χ3n) is 2.45. The van der Waals surface area contributed by atoms with Gasteiger partial charge in [0.05, 0.1) is 5.02 Å². The number of hydrazine groups is 1. The van der Waals surface area contributed by atoms with Gasteiger partial charge in [0.2, 0.25) is 0 Å². The number of nitrogen functional groups attached to an aromatic ring is 1. The molecule has 7 heteroatoms. The van der Waals surface area contributed by atoms with Crippen LogP contribution in [-0.4, -0.2) is 9.97 Å². The lowest BCUT2D eigenvalue weighted by Gasteiger charge is -2.11. The summed E-state index contributed by atoms with van der Waals surface area (Å²) in [4.78, 5) is 9.46. The summed E-state index contributed by atoms with van der Waals surface area (Å²) in [7, 11) is 0. The van der Waals surface area contributed by atoms with Crippen LogP contribution in [0.25, 0.3) is 0 Å². The van der Waals surface area contributed by atoms with E-state index >= 15 is 0 Å². The van der Waals surface area contributed by atoms with Crippen LogP contribution >= 0.6 is 35.0 Å². The fourth-order valence-electron chi connectivity index (χ4n) is 1.50. The molecule has 0 spiro atoms. The third-order valence-corrected chi connectivity index (χ3v) is 4.27. The highest BCUT2D eigenvalue weighted by molar-refractivity contribution is 7.99. The van der Waals surface area contributed by atoms with Gasteiger partial charge >= 0.3 is 0 Å². The van der Waals surface area contributed by atoms with Gasteiger partial charge in [0, 0.05) is 15.5 Å². The number of halogens is 2. The van der Waals surface area contributed by atoms with Gasteiger partial charge in [-0.05, 0) is 32.0 Å². The quantitative estimate of drug-likeness (QED) is 0.512. The molecular weight excluding hydrogens is 303 g/mol. The number of nitrogens with two attached hydrogens (primary N) is 1. The Balaban J connectivity index is 2.43. The standard InChI is InChI=1S/C12H12Cl2N4S/c1-6-11(18-15)16-7(2)17-12(6)19-10-5-8(13)3-4-9(10)14/h3-5H,15H2,1-2H3,(H,16,17,18). The van der Waals surface area contributed by atoms with Crippen LogP contribution in [0.2, 0.25) is 10.0 Å². The minimum atomic E-state index is 0.605. The van der Waals surface area contributed by atoms with Gasteiger partial charge in [0.15, 0.2) is 0 Å². The second-order valence-corrected chi connectivity index (χ2v) is 5.75. The molecule has 0 atom stereocenters. The number of nitrogens with one attached hydrogen (secondary N) is 1. The summed E-state index contributed by atoms with van der Waals surface area (Å²) in [5.74, 6) is 6.68. The molecule has 19 heavy (non-hydrogen) atoms. The van der Waals surface area contributed by atoms with E-state index in [4.69, 9.17) is 29.0 Å². The lowest BCUT2D eigenvalue weighted by molar-refractivity contribution is 0.935. The number of hydrogen-bond acceptors (Lipinski definition) is 5. The average Bonchev–Trinajstić information content (AvgIpc) is 2.37. The van der Waals surface area contributed by atoms with Gasteiger partial charge in [-0.25, -0.2) is 15.8 Å². The predicted molar refractivity (Wildman–Crippen MR) is 79.9 cm³/mol. The Morgan fingerprint density at radius 3 is 2.63 bits per heavy atom. The average molecular weight is 315 g/mol. The Labute approximate surface area is 125 Å². The van der Waals surface area contributed by atoms with Crippen LogP contribution in [0, 0.1) is 13.8 Å². The van der Waals surface area contributed by atoms with Gasteiger partial charge in [-0.3, -0.25) is 0 Å². The molecule has 0 radical (unpaired) electrons. The molecule has 0 unspecified atom stereocenters. The minimum absolute atomic E-state index is 0.605. The summed E-state index contributed by atoms with van der Waals surface area (Å²) in [5, 5.41) is 2.06. The van der Waals surface area contributed by atoms with Gasteiger partial charge in [-0.2, -0.15) is 0 Å². The molecule has 0 amide bonds. The van der Waals surface area contributed by atoms with Crippen molar-refractivity contribution in [1.82, 2.24) is 9.97 Å². The Bertz CT molecular complexity index is 619. The van der Waals surface area contributed by atoms with E-state index in [9.17, 15) is 0 Å². The molecule has 0 bridgehead atoms. The summed E-state index contributed by atoms with van der Waals surface area (Å²) in [5.41, 5.74) is 3.43.